The number of nitrogens with zero attached hydrogens (tertiary/aromatic N) is 3. The SMILES string of the molecule is Cc1ccc(Cn2nc(C)c(/C=C/C(=O)NCc3ccccc3CN3CCOCC3)c2C)cc1. The van der Waals surface area contributed by atoms with Gasteiger partial charge in [-0.25, -0.2) is 0 Å². The predicted molar refractivity (Wildman–Crippen MR) is 135 cm³/mol. The van der Waals surface area contributed by atoms with Crippen molar-refractivity contribution in [3.63, 3.8) is 0 Å². The summed E-state index contributed by atoms with van der Waals surface area (Å²) in [5, 5.41) is 7.73. The summed E-state index contributed by atoms with van der Waals surface area (Å²) >= 11 is 0. The number of carbonyl (C=O) groups excluding carboxylic acids is 1. The van der Waals surface area contributed by atoms with E-state index in [2.05, 4.69) is 64.7 Å². The molecule has 0 spiro atoms. The number of ether oxygens (including phenoxy) is 1. The predicted octanol–water partition coefficient (Wildman–Crippen LogP) is 4.02. The summed E-state index contributed by atoms with van der Waals surface area (Å²) in [5.74, 6) is -0.105. The van der Waals surface area contributed by atoms with Crippen molar-refractivity contribution in [3.05, 3.63) is 93.8 Å². The van der Waals surface area contributed by atoms with Crippen molar-refractivity contribution in [2.24, 2.45) is 0 Å². The first-order valence-electron chi connectivity index (χ1n) is 11.9. The summed E-state index contributed by atoms with van der Waals surface area (Å²) in [6.45, 7) is 11.7. The molecular weight excluding hydrogens is 424 g/mol. The van der Waals surface area contributed by atoms with E-state index in [1.54, 1.807) is 6.08 Å². The van der Waals surface area contributed by atoms with Crippen LogP contribution >= 0.6 is 0 Å². The van der Waals surface area contributed by atoms with Gasteiger partial charge in [-0.3, -0.25) is 14.4 Å². The van der Waals surface area contributed by atoms with Gasteiger partial charge in [0.2, 0.25) is 5.91 Å². The van der Waals surface area contributed by atoms with Crippen LogP contribution in [0.2, 0.25) is 0 Å². The van der Waals surface area contributed by atoms with E-state index in [0.29, 0.717) is 13.1 Å². The first kappa shape index (κ1) is 23.9. The topological polar surface area (TPSA) is 59.4 Å². The zero-order valence-electron chi connectivity index (χ0n) is 20.4. The molecule has 4 rings (SSSR count). The highest BCUT2D eigenvalue weighted by molar-refractivity contribution is 5.92. The number of benzene rings is 2. The molecule has 34 heavy (non-hydrogen) atoms. The fourth-order valence-corrected chi connectivity index (χ4v) is 4.26. The average molecular weight is 459 g/mol. The second-order valence-electron chi connectivity index (χ2n) is 8.94. The summed E-state index contributed by atoms with van der Waals surface area (Å²) in [6.07, 6.45) is 3.48. The van der Waals surface area contributed by atoms with E-state index < -0.39 is 0 Å². The molecule has 0 unspecified atom stereocenters. The third-order valence-corrected chi connectivity index (χ3v) is 6.36. The van der Waals surface area contributed by atoms with Crippen molar-refractivity contribution in [1.29, 1.82) is 0 Å². The smallest absolute Gasteiger partial charge is 0.244 e. The number of hydrogen-bond donors (Lipinski definition) is 1. The first-order chi connectivity index (χ1) is 16.5. The molecule has 2 heterocycles. The van der Waals surface area contributed by atoms with Gasteiger partial charge in [0.05, 0.1) is 25.5 Å². The summed E-state index contributed by atoms with van der Waals surface area (Å²) in [4.78, 5) is 15.0. The van der Waals surface area contributed by atoms with Crippen LogP contribution < -0.4 is 5.32 Å². The number of carbonyl (C=O) groups is 1. The molecule has 2 aromatic carbocycles. The standard InChI is InChI=1S/C28H34N4O2/c1-21-8-10-24(11-9-21)19-32-23(3)27(22(2)30-32)12-13-28(33)29-18-25-6-4-5-7-26(25)20-31-14-16-34-17-15-31/h4-13H,14-20H2,1-3H3,(H,29,33)/b13-12+. The van der Waals surface area contributed by atoms with Crippen LogP contribution in [0.5, 0.6) is 0 Å². The van der Waals surface area contributed by atoms with Gasteiger partial charge in [-0.05, 0) is 43.5 Å². The molecule has 3 aromatic rings. The highest BCUT2D eigenvalue weighted by atomic mass is 16.5. The van der Waals surface area contributed by atoms with Crippen LogP contribution in [0.25, 0.3) is 6.08 Å². The Morgan fingerprint density at radius 1 is 1.00 bits per heavy atom. The normalized spacial score (nSPS) is 14.6. The zero-order chi connectivity index (χ0) is 23.9. The molecule has 1 amide bonds. The Labute approximate surface area is 202 Å². The van der Waals surface area contributed by atoms with Crippen molar-refractivity contribution < 1.29 is 9.53 Å². The molecule has 0 bridgehead atoms. The maximum atomic E-state index is 12.6. The van der Waals surface area contributed by atoms with Gasteiger partial charge in [-0.2, -0.15) is 5.10 Å². The Morgan fingerprint density at radius 2 is 1.71 bits per heavy atom. The van der Waals surface area contributed by atoms with Crippen LogP contribution in [-0.2, 0) is 29.2 Å². The monoisotopic (exact) mass is 458 g/mol. The second kappa shape index (κ2) is 11.3. The maximum Gasteiger partial charge on any atom is 0.244 e. The zero-order valence-corrected chi connectivity index (χ0v) is 20.4. The molecule has 0 atom stereocenters. The van der Waals surface area contributed by atoms with Gasteiger partial charge in [0.1, 0.15) is 0 Å². The van der Waals surface area contributed by atoms with E-state index in [-0.39, 0.29) is 5.91 Å². The van der Waals surface area contributed by atoms with E-state index in [0.717, 1.165) is 55.4 Å². The molecule has 0 saturated carbocycles. The minimum Gasteiger partial charge on any atom is -0.379 e. The molecule has 1 aliphatic rings. The van der Waals surface area contributed by atoms with Gasteiger partial charge < -0.3 is 10.1 Å². The molecule has 178 valence electrons. The number of morpholine rings is 1. The van der Waals surface area contributed by atoms with E-state index in [4.69, 9.17) is 4.74 Å². The van der Waals surface area contributed by atoms with Crippen LogP contribution in [-0.4, -0.2) is 46.9 Å². The quantitative estimate of drug-likeness (QED) is 0.518. The van der Waals surface area contributed by atoms with E-state index in [9.17, 15) is 4.79 Å². The lowest BCUT2D eigenvalue weighted by atomic mass is 10.1. The molecular formula is C28H34N4O2. The molecule has 1 N–H and O–H groups in total. The Morgan fingerprint density at radius 3 is 2.44 bits per heavy atom. The molecule has 0 radical (unpaired) electrons. The van der Waals surface area contributed by atoms with Gasteiger partial charge in [0, 0.05) is 43.5 Å². The van der Waals surface area contributed by atoms with Crippen molar-refractivity contribution in [1.82, 2.24) is 20.0 Å². The molecule has 1 fully saturated rings. The van der Waals surface area contributed by atoms with Crippen LogP contribution in [0.3, 0.4) is 0 Å². The average Bonchev–Trinajstić information content (AvgIpc) is 3.11. The third-order valence-electron chi connectivity index (χ3n) is 6.36. The Balaban J connectivity index is 1.36. The van der Waals surface area contributed by atoms with Crippen molar-refractivity contribution in [2.45, 2.75) is 40.4 Å². The van der Waals surface area contributed by atoms with Gasteiger partial charge >= 0.3 is 0 Å². The summed E-state index contributed by atoms with van der Waals surface area (Å²) in [7, 11) is 0. The summed E-state index contributed by atoms with van der Waals surface area (Å²) in [6, 6.07) is 16.8. The van der Waals surface area contributed by atoms with E-state index in [1.807, 2.05) is 30.7 Å². The lowest BCUT2D eigenvalue weighted by Gasteiger charge is -2.27. The van der Waals surface area contributed by atoms with Gasteiger partial charge in [0.15, 0.2) is 0 Å². The number of rotatable bonds is 8. The fourth-order valence-electron chi connectivity index (χ4n) is 4.26. The Hall–Kier alpha value is -3.22. The minimum atomic E-state index is -0.105. The van der Waals surface area contributed by atoms with Crippen LogP contribution in [0.1, 0.15) is 39.2 Å². The Kier molecular flexibility index (Phi) is 7.93. The molecule has 1 aromatic heterocycles. The second-order valence-corrected chi connectivity index (χ2v) is 8.94. The highest BCUT2D eigenvalue weighted by Crippen LogP contribution is 2.17. The van der Waals surface area contributed by atoms with E-state index in [1.165, 1.54) is 16.7 Å². The molecule has 1 saturated heterocycles. The molecule has 1 aliphatic heterocycles. The van der Waals surface area contributed by atoms with Crippen LogP contribution in [0, 0.1) is 20.8 Å². The maximum absolute atomic E-state index is 12.6. The minimum absolute atomic E-state index is 0.105. The highest BCUT2D eigenvalue weighted by Gasteiger charge is 2.13. The molecule has 6 nitrogen and oxygen atoms in total. The van der Waals surface area contributed by atoms with Crippen molar-refractivity contribution in [3.8, 4) is 0 Å². The van der Waals surface area contributed by atoms with E-state index >= 15 is 0 Å². The molecule has 6 heteroatoms. The fraction of sp³-hybridized carbons (Fsp3) is 0.357. The third kappa shape index (κ3) is 6.22. The first-order valence-corrected chi connectivity index (χ1v) is 11.9. The van der Waals surface area contributed by atoms with Crippen molar-refractivity contribution in [2.75, 3.05) is 26.3 Å². The number of amides is 1. The van der Waals surface area contributed by atoms with Gasteiger partial charge in [-0.15, -0.1) is 0 Å². The number of aromatic nitrogens is 2. The molecule has 0 aliphatic carbocycles. The van der Waals surface area contributed by atoms with Crippen LogP contribution in [0.4, 0.5) is 0 Å². The number of hydrogen-bond acceptors (Lipinski definition) is 4. The lowest BCUT2D eigenvalue weighted by Crippen LogP contribution is -2.36. The lowest BCUT2D eigenvalue weighted by molar-refractivity contribution is -0.116. The number of nitrogens with one attached hydrogen (secondary N) is 1. The van der Waals surface area contributed by atoms with Crippen LogP contribution in [0.15, 0.2) is 54.6 Å². The largest absolute Gasteiger partial charge is 0.379 e. The summed E-state index contributed by atoms with van der Waals surface area (Å²) in [5.41, 5.74) is 7.82. The summed E-state index contributed by atoms with van der Waals surface area (Å²) < 4.78 is 7.45. The number of aryl methyl sites for hydroxylation is 2. The van der Waals surface area contributed by atoms with Gasteiger partial charge in [-0.1, -0.05) is 54.1 Å². The van der Waals surface area contributed by atoms with Crippen molar-refractivity contribution >= 4 is 12.0 Å². The van der Waals surface area contributed by atoms with Gasteiger partial charge in [0.25, 0.3) is 0 Å². The Bertz CT molecular complexity index is 1140.